The minimum Gasteiger partial charge on any atom is -0.462 e. The predicted octanol–water partition coefficient (Wildman–Crippen LogP) is 4.68. The lowest BCUT2D eigenvalue weighted by Crippen LogP contribution is -2.63. The van der Waals surface area contributed by atoms with Crippen LogP contribution in [0, 0.1) is 35.0 Å². The molecule has 7 atom stereocenters. The van der Waals surface area contributed by atoms with E-state index in [-0.39, 0.29) is 30.1 Å². The number of cyclic esters (lactones) is 1. The molecule has 4 nitrogen and oxygen atoms in total. The minimum atomic E-state index is -1.50. The monoisotopic (exact) mass is 408 g/mol. The summed E-state index contributed by atoms with van der Waals surface area (Å²) >= 11 is 0. The van der Waals surface area contributed by atoms with E-state index in [1.54, 1.807) is 0 Å². The van der Waals surface area contributed by atoms with Crippen LogP contribution in [-0.4, -0.2) is 24.0 Å². The van der Waals surface area contributed by atoms with Crippen LogP contribution in [0.4, 0.5) is 0 Å². The van der Waals surface area contributed by atoms with E-state index in [2.05, 4.69) is 39.0 Å². The Morgan fingerprint density at radius 1 is 1.13 bits per heavy atom. The van der Waals surface area contributed by atoms with Crippen molar-refractivity contribution in [1.29, 1.82) is 0 Å². The van der Waals surface area contributed by atoms with Gasteiger partial charge in [0, 0.05) is 11.3 Å². The fraction of sp³-hybridized carbons (Fsp3) is 0.615. The summed E-state index contributed by atoms with van der Waals surface area (Å²) < 4.78 is 12.4. The second-order valence-corrected chi connectivity index (χ2v) is 10.4. The third-order valence-electron chi connectivity index (χ3n) is 8.86. The molecule has 1 spiro atoms. The highest BCUT2D eigenvalue weighted by Gasteiger charge is 2.83. The number of allylic oxidation sites excluding steroid dienone is 1. The zero-order valence-corrected chi connectivity index (χ0v) is 18.6. The summed E-state index contributed by atoms with van der Waals surface area (Å²) in [5.74, 6) is 0.361. The van der Waals surface area contributed by atoms with Gasteiger partial charge in [-0.1, -0.05) is 69.7 Å². The van der Waals surface area contributed by atoms with Gasteiger partial charge in [-0.05, 0) is 43.1 Å². The molecule has 0 amide bonds. The van der Waals surface area contributed by atoms with Crippen molar-refractivity contribution in [3.05, 3.63) is 47.5 Å². The van der Waals surface area contributed by atoms with Crippen molar-refractivity contribution in [2.24, 2.45) is 35.0 Å². The molecule has 2 heterocycles. The van der Waals surface area contributed by atoms with Gasteiger partial charge in [-0.2, -0.15) is 0 Å². The van der Waals surface area contributed by atoms with Gasteiger partial charge < -0.3 is 9.47 Å². The lowest BCUT2D eigenvalue weighted by atomic mass is 9.43. The third kappa shape index (κ3) is 2.06. The molecule has 2 saturated heterocycles. The lowest BCUT2D eigenvalue weighted by molar-refractivity contribution is -0.237. The number of carbonyl (C=O) groups excluding carboxylic acids is 2. The van der Waals surface area contributed by atoms with Gasteiger partial charge in [0.2, 0.25) is 5.60 Å². The number of hydrogen-bond donors (Lipinski definition) is 0. The van der Waals surface area contributed by atoms with Gasteiger partial charge in [-0.15, -0.1) is 0 Å². The molecule has 0 aromatic heterocycles. The summed E-state index contributed by atoms with van der Waals surface area (Å²) in [5.41, 5.74) is -0.629. The van der Waals surface area contributed by atoms with Crippen LogP contribution in [0.3, 0.4) is 0 Å². The van der Waals surface area contributed by atoms with Gasteiger partial charge in [-0.25, -0.2) is 4.79 Å². The Balaban J connectivity index is 1.75. The molecule has 160 valence electrons. The van der Waals surface area contributed by atoms with Crippen molar-refractivity contribution in [2.75, 3.05) is 6.61 Å². The molecular formula is C26H32O4. The molecule has 0 radical (unpaired) electrons. The van der Waals surface area contributed by atoms with Crippen molar-refractivity contribution in [3.8, 4) is 0 Å². The molecule has 1 aromatic carbocycles. The normalized spacial score (nSPS) is 44.5. The standard InChI is InChI=1S/C26H32O4/c1-6-24(5)14-29-23(28)26(24)22(27)21-19-18(15(2)3)13-12-16(4)20(19)25(21,30-26)17-10-8-7-9-11-17/h7-12,15,18-21H,6,13-14H2,1-5H3/t18-,19-,20+,21-,24-,25-,26-/m0/s1. The molecule has 0 N–H and O–H groups in total. The van der Waals surface area contributed by atoms with Gasteiger partial charge >= 0.3 is 5.97 Å². The molecule has 4 aliphatic rings. The van der Waals surface area contributed by atoms with Crippen LogP contribution in [0.2, 0.25) is 0 Å². The number of fused-ring (bicyclic) bond motifs is 4. The average Bonchev–Trinajstić information content (AvgIpc) is 3.11. The van der Waals surface area contributed by atoms with E-state index in [9.17, 15) is 9.59 Å². The largest absolute Gasteiger partial charge is 0.462 e. The quantitative estimate of drug-likeness (QED) is 0.414. The topological polar surface area (TPSA) is 52.6 Å². The maximum Gasteiger partial charge on any atom is 0.347 e. The number of benzene rings is 1. The van der Waals surface area contributed by atoms with Gasteiger partial charge in [0.15, 0.2) is 5.78 Å². The summed E-state index contributed by atoms with van der Waals surface area (Å²) in [6, 6.07) is 10.1. The van der Waals surface area contributed by atoms with Crippen molar-refractivity contribution in [3.63, 3.8) is 0 Å². The number of Topliss-reactive ketones (excluding diaryl/α,β-unsaturated/α-hetero) is 1. The SMILES string of the molecule is CC[C@@]1(C)COC(=O)[C@]12O[C@]1(c3ccccc3)[C@H](C2=O)[C@@H]2[C@H]1C(C)=CC[C@H]2C(C)C. The zero-order chi connectivity index (χ0) is 21.5. The molecule has 5 rings (SSSR count). The Bertz CT molecular complexity index is 934. The Morgan fingerprint density at radius 2 is 1.83 bits per heavy atom. The predicted molar refractivity (Wildman–Crippen MR) is 113 cm³/mol. The van der Waals surface area contributed by atoms with Crippen molar-refractivity contribution in [1.82, 2.24) is 0 Å². The van der Waals surface area contributed by atoms with Crippen LogP contribution in [0.25, 0.3) is 0 Å². The number of ketones is 1. The molecule has 1 saturated carbocycles. The molecule has 0 unspecified atom stereocenters. The summed E-state index contributed by atoms with van der Waals surface area (Å²) in [7, 11) is 0. The first-order valence-electron chi connectivity index (χ1n) is 11.4. The van der Waals surface area contributed by atoms with E-state index in [4.69, 9.17) is 9.47 Å². The maximum absolute atomic E-state index is 14.2. The van der Waals surface area contributed by atoms with Crippen LogP contribution in [0.5, 0.6) is 0 Å². The highest BCUT2D eigenvalue weighted by Crippen LogP contribution is 2.73. The summed E-state index contributed by atoms with van der Waals surface area (Å²) in [5, 5.41) is 0. The second kappa shape index (κ2) is 6.29. The minimum absolute atomic E-state index is 0.0418. The van der Waals surface area contributed by atoms with Crippen LogP contribution in [0.15, 0.2) is 42.0 Å². The molecule has 3 fully saturated rings. The second-order valence-electron chi connectivity index (χ2n) is 10.4. The summed E-state index contributed by atoms with van der Waals surface area (Å²) in [6.45, 7) is 10.9. The molecule has 2 aliphatic heterocycles. The maximum atomic E-state index is 14.2. The van der Waals surface area contributed by atoms with Gasteiger partial charge in [0.25, 0.3) is 0 Å². The van der Waals surface area contributed by atoms with E-state index in [0.29, 0.717) is 18.3 Å². The van der Waals surface area contributed by atoms with Crippen molar-refractivity contribution in [2.45, 2.75) is 58.7 Å². The Labute approximate surface area is 179 Å². The first-order chi connectivity index (χ1) is 14.2. The Hall–Kier alpha value is -1.94. The van der Waals surface area contributed by atoms with Crippen molar-refractivity contribution >= 4 is 11.8 Å². The smallest absolute Gasteiger partial charge is 0.347 e. The van der Waals surface area contributed by atoms with E-state index >= 15 is 0 Å². The first kappa shape index (κ1) is 20.0. The highest BCUT2D eigenvalue weighted by molar-refractivity contribution is 6.13. The van der Waals surface area contributed by atoms with Crippen molar-refractivity contribution < 1.29 is 19.1 Å². The highest BCUT2D eigenvalue weighted by atomic mass is 16.6. The van der Waals surface area contributed by atoms with E-state index in [0.717, 1.165) is 12.0 Å². The van der Waals surface area contributed by atoms with Gasteiger partial charge in [0.05, 0.1) is 5.92 Å². The Kier molecular flexibility index (Phi) is 4.19. The van der Waals surface area contributed by atoms with Crippen LogP contribution >= 0.6 is 0 Å². The lowest BCUT2D eigenvalue weighted by Gasteiger charge is -2.61. The third-order valence-corrected chi connectivity index (χ3v) is 8.86. The Morgan fingerprint density at radius 3 is 2.47 bits per heavy atom. The molecule has 1 aromatic rings. The average molecular weight is 409 g/mol. The molecule has 0 bridgehead atoms. The zero-order valence-electron chi connectivity index (χ0n) is 18.6. The van der Waals surface area contributed by atoms with E-state index in [1.807, 2.05) is 32.0 Å². The van der Waals surface area contributed by atoms with Gasteiger partial charge in [0.1, 0.15) is 12.2 Å². The number of ether oxygens (including phenoxy) is 2. The number of hydrogen-bond acceptors (Lipinski definition) is 4. The molecule has 30 heavy (non-hydrogen) atoms. The number of rotatable bonds is 3. The van der Waals surface area contributed by atoms with Crippen LogP contribution < -0.4 is 0 Å². The fourth-order valence-electron chi connectivity index (χ4n) is 7.02. The van der Waals surface area contributed by atoms with Gasteiger partial charge in [-0.3, -0.25) is 4.79 Å². The molecule has 2 aliphatic carbocycles. The van der Waals surface area contributed by atoms with E-state index < -0.39 is 22.6 Å². The summed E-state index contributed by atoms with van der Waals surface area (Å²) in [4.78, 5) is 27.4. The summed E-state index contributed by atoms with van der Waals surface area (Å²) in [6.07, 6.45) is 3.97. The number of carbonyl (C=O) groups is 2. The fourth-order valence-corrected chi connectivity index (χ4v) is 7.02. The van der Waals surface area contributed by atoms with E-state index in [1.165, 1.54) is 5.57 Å². The van der Waals surface area contributed by atoms with Crippen LogP contribution in [-0.2, 0) is 24.7 Å². The molecular weight excluding hydrogens is 376 g/mol. The first-order valence-corrected chi connectivity index (χ1v) is 11.4. The number of esters is 1. The molecule has 4 heteroatoms. The van der Waals surface area contributed by atoms with Crippen LogP contribution in [0.1, 0.15) is 53.0 Å².